The van der Waals surface area contributed by atoms with E-state index in [0.717, 1.165) is 25.4 Å². The van der Waals surface area contributed by atoms with E-state index in [-0.39, 0.29) is 32.0 Å². The number of rotatable bonds is 3. The largest absolute Gasteiger partial charge is 0.464 e. The number of esters is 1. The maximum atomic E-state index is 14.2. The number of benzene rings is 1. The average Bonchev–Trinajstić information content (AvgIpc) is 2.52. The maximum absolute atomic E-state index is 14.2. The zero-order chi connectivity index (χ0) is 18.0. The molecule has 126 valence electrons. The van der Waals surface area contributed by atoms with Gasteiger partial charge in [0.05, 0.1) is 22.3 Å². The molecule has 1 heterocycles. The van der Waals surface area contributed by atoms with Gasteiger partial charge in [0.15, 0.2) is 5.69 Å². The summed E-state index contributed by atoms with van der Waals surface area (Å²) in [6.07, 6.45) is 1.11. The second-order valence-electron chi connectivity index (χ2n) is 4.63. The van der Waals surface area contributed by atoms with Crippen molar-refractivity contribution in [3.8, 4) is 11.1 Å². The Balaban J connectivity index is 2.74. The number of nitrogens with zero attached hydrogens (tertiary/aromatic N) is 1. The van der Waals surface area contributed by atoms with Crippen molar-refractivity contribution in [1.29, 1.82) is 0 Å². The molecule has 2 rings (SSSR count). The minimum absolute atomic E-state index is 0.0201. The predicted molar refractivity (Wildman–Crippen MR) is 87.9 cm³/mol. The van der Waals surface area contributed by atoms with Crippen molar-refractivity contribution in [3.63, 3.8) is 0 Å². The lowest BCUT2D eigenvalue weighted by Crippen LogP contribution is -2.12. The minimum atomic E-state index is -0.833. The molecule has 0 atom stereocenters. The molecule has 0 aliphatic rings. The molecule has 0 bridgehead atoms. The van der Waals surface area contributed by atoms with Gasteiger partial charge in [-0.2, -0.15) is 0 Å². The Morgan fingerprint density at radius 1 is 1.25 bits per heavy atom. The lowest BCUT2D eigenvalue weighted by atomic mass is 10.0. The first-order chi connectivity index (χ1) is 11.3. The van der Waals surface area contributed by atoms with Crippen LogP contribution in [0.15, 0.2) is 22.8 Å². The molecule has 1 aromatic carbocycles. The Morgan fingerprint density at radius 3 is 2.50 bits per heavy atom. The number of hydrogen-bond donors (Lipinski definition) is 1. The first-order valence-electron chi connectivity index (χ1n) is 6.45. The summed E-state index contributed by atoms with van der Waals surface area (Å²) in [6.45, 7) is 1.21. The SMILES string of the molecule is COC(=O)c1ncc(-c2cc(F)c(Br)cc2F)c(NC(C)=O)c1Cl. The first-order valence-corrected chi connectivity index (χ1v) is 7.62. The number of ether oxygens (including phenoxy) is 1. The van der Waals surface area contributed by atoms with Crippen LogP contribution in [0.1, 0.15) is 17.4 Å². The fourth-order valence-corrected chi connectivity index (χ4v) is 2.55. The van der Waals surface area contributed by atoms with E-state index in [1.807, 2.05) is 0 Å². The second-order valence-corrected chi connectivity index (χ2v) is 5.86. The topological polar surface area (TPSA) is 68.3 Å². The van der Waals surface area contributed by atoms with Gasteiger partial charge in [0.25, 0.3) is 0 Å². The van der Waals surface area contributed by atoms with Crippen molar-refractivity contribution in [2.75, 3.05) is 12.4 Å². The van der Waals surface area contributed by atoms with Gasteiger partial charge in [-0.25, -0.2) is 18.6 Å². The molecule has 9 heteroatoms. The van der Waals surface area contributed by atoms with E-state index in [1.54, 1.807) is 0 Å². The second kappa shape index (κ2) is 7.23. The van der Waals surface area contributed by atoms with Crippen molar-refractivity contribution >= 4 is 45.1 Å². The lowest BCUT2D eigenvalue weighted by Gasteiger charge is -2.14. The number of amides is 1. The summed E-state index contributed by atoms with van der Waals surface area (Å²) >= 11 is 8.98. The summed E-state index contributed by atoms with van der Waals surface area (Å²) in [4.78, 5) is 26.9. The molecule has 5 nitrogen and oxygen atoms in total. The minimum Gasteiger partial charge on any atom is -0.464 e. The number of methoxy groups -OCH3 is 1. The van der Waals surface area contributed by atoms with Gasteiger partial charge >= 0.3 is 5.97 Å². The molecular formula is C15H10BrClF2N2O3. The number of pyridine rings is 1. The van der Waals surface area contributed by atoms with Crippen molar-refractivity contribution in [2.24, 2.45) is 0 Å². The third-order valence-corrected chi connectivity index (χ3v) is 3.98. The van der Waals surface area contributed by atoms with Gasteiger partial charge in [-0.1, -0.05) is 11.6 Å². The van der Waals surface area contributed by atoms with Gasteiger partial charge in [0.2, 0.25) is 5.91 Å². The Morgan fingerprint density at radius 2 is 1.92 bits per heavy atom. The molecule has 24 heavy (non-hydrogen) atoms. The third-order valence-electron chi connectivity index (χ3n) is 3.00. The zero-order valence-corrected chi connectivity index (χ0v) is 14.8. The molecule has 0 spiro atoms. The Bertz CT molecular complexity index is 846. The smallest absolute Gasteiger partial charge is 0.358 e. The van der Waals surface area contributed by atoms with Gasteiger partial charge in [-0.15, -0.1) is 0 Å². The third kappa shape index (κ3) is 3.54. The molecule has 1 amide bonds. The quantitative estimate of drug-likeness (QED) is 0.598. The molecule has 1 N–H and O–H groups in total. The van der Waals surface area contributed by atoms with Crippen LogP contribution in [0.25, 0.3) is 11.1 Å². The van der Waals surface area contributed by atoms with Crippen molar-refractivity contribution in [3.05, 3.63) is 45.2 Å². The highest BCUT2D eigenvalue weighted by Crippen LogP contribution is 2.38. The van der Waals surface area contributed by atoms with Gasteiger partial charge in [-0.05, 0) is 28.1 Å². The molecular weight excluding hydrogens is 410 g/mol. The average molecular weight is 420 g/mol. The van der Waals surface area contributed by atoms with Crippen LogP contribution in [-0.4, -0.2) is 24.0 Å². The van der Waals surface area contributed by atoms with Gasteiger partial charge in [0, 0.05) is 24.2 Å². The van der Waals surface area contributed by atoms with Gasteiger partial charge in [0.1, 0.15) is 11.6 Å². The molecule has 1 aromatic heterocycles. The molecule has 0 aliphatic heterocycles. The highest BCUT2D eigenvalue weighted by atomic mass is 79.9. The van der Waals surface area contributed by atoms with E-state index in [0.29, 0.717) is 0 Å². The van der Waals surface area contributed by atoms with Crippen LogP contribution in [0.3, 0.4) is 0 Å². The van der Waals surface area contributed by atoms with Crippen LogP contribution in [0.2, 0.25) is 5.02 Å². The van der Waals surface area contributed by atoms with E-state index in [4.69, 9.17) is 11.6 Å². The van der Waals surface area contributed by atoms with Gasteiger partial charge in [-0.3, -0.25) is 4.79 Å². The van der Waals surface area contributed by atoms with Crippen LogP contribution in [0.5, 0.6) is 0 Å². The normalized spacial score (nSPS) is 10.4. The summed E-state index contributed by atoms with van der Waals surface area (Å²) in [5.41, 5.74) is -0.484. The number of hydrogen-bond acceptors (Lipinski definition) is 4. The van der Waals surface area contributed by atoms with E-state index < -0.39 is 23.5 Å². The molecule has 0 saturated heterocycles. The van der Waals surface area contributed by atoms with Crippen molar-refractivity contribution < 1.29 is 23.1 Å². The zero-order valence-electron chi connectivity index (χ0n) is 12.4. The molecule has 2 aromatic rings. The lowest BCUT2D eigenvalue weighted by molar-refractivity contribution is -0.114. The summed E-state index contributed by atoms with van der Waals surface area (Å²) in [7, 11) is 1.14. The molecule has 0 aliphatic carbocycles. The molecule has 0 radical (unpaired) electrons. The fourth-order valence-electron chi connectivity index (χ4n) is 1.96. The molecule has 0 unspecified atom stereocenters. The number of halogens is 4. The fraction of sp³-hybridized carbons (Fsp3) is 0.133. The van der Waals surface area contributed by atoms with Crippen LogP contribution in [0, 0.1) is 11.6 Å². The summed E-state index contributed by atoms with van der Waals surface area (Å²) in [5, 5.41) is 2.16. The number of nitrogens with one attached hydrogen (secondary N) is 1. The van der Waals surface area contributed by atoms with Crippen LogP contribution >= 0.6 is 27.5 Å². The first kappa shape index (κ1) is 18.3. The maximum Gasteiger partial charge on any atom is 0.358 e. The summed E-state index contributed by atoms with van der Waals surface area (Å²) in [6, 6.07) is 1.86. The van der Waals surface area contributed by atoms with E-state index in [1.165, 1.54) is 6.92 Å². The number of carbonyl (C=O) groups is 2. The monoisotopic (exact) mass is 418 g/mol. The number of carbonyl (C=O) groups excluding carboxylic acids is 2. The van der Waals surface area contributed by atoms with E-state index >= 15 is 0 Å². The van der Waals surface area contributed by atoms with E-state index in [2.05, 4.69) is 31.0 Å². The Hall–Kier alpha value is -2.06. The van der Waals surface area contributed by atoms with Gasteiger partial charge < -0.3 is 10.1 Å². The van der Waals surface area contributed by atoms with E-state index in [9.17, 15) is 18.4 Å². The number of anilines is 1. The molecule has 0 saturated carbocycles. The summed E-state index contributed by atoms with van der Waals surface area (Å²) in [5.74, 6) is -2.83. The van der Waals surface area contributed by atoms with Crippen molar-refractivity contribution in [2.45, 2.75) is 6.92 Å². The molecule has 0 fully saturated rings. The summed E-state index contributed by atoms with van der Waals surface area (Å²) < 4.78 is 32.5. The van der Waals surface area contributed by atoms with Crippen LogP contribution < -0.4 is 5.32 Å². The highest BCUT2D eigenvalue weighted by molar-refractivity contribution is 9.10. The van der Waals surface area contributed by atoms with Crippen LogP contribution in [-0.2, 0) is 9.53 Å². The Kier molecular flexibility index (Phi) is 5.51. The number of aromatic nitrogens is 1. The van der Waals surface area contributed by atoms with Crippen LogP contribution in [0.4, 0.5) is 14.5 Å². The predicted octanol–water partition coefficient (Wildman–Crippen LogP) is 4.19. The standard InChI is InChI=1S/C15H10BrClF2N2O3/c1-6(22)21-13-8(5-20-14(12(13)17)15(23)24-2)7-3-11(19)9(16)4-10(7)18/h3-5H,1-2H3,(H,20,21,22). The highest BCUT2D eigenvalue weighted by Gasteiger charge is 2.23. The van der Waals surface area contributed by atoms with Crippen molar-refractivity contribution in [1.82, 2.24) is 4.98 Å². The Labute approximate surface area is 149 Å².